The largest absolute Gasteiger partial charge is 0.488 e. The highest BCUT2D eigenvalue weighted by atomic mass is 19.4. The van der Waals surface area contributed by atoms with Crippen molar-refractivity contribution < 1.29 is 27.0 Å². The molecular weight excluding hydrogens is 278 g/mol. The first-order valence-corrected chi connectivity index (χ1v) is 6.10. The molecule has 20 heavy (non-hydrogen) atoms. The number of hydrogen-bond donors (Lipinski definition) is 1. The second-order valence-corrected chi connectivity index (χ2v) is 4.43. The molecule has 0 heterocycles. The van der Waals surface area contributed by atoms with Crippen molar-refractivity contribution in [3.8, 4) is 5.75 Å². The summed E-state index contributed by atoms with van der Waals surface area (Å²) in [6.07, 6.45) is -3.96. The lowest BCUT2D eigenvalue weighted by atomic mass is 10.1. The summed E-state index contributed by atoms with van der Waals surface area (Å²) in [4.78, 5) is 0. The van der Waals surface area contributed by atoms with Crippen molar-refractivity contribution in [3.05, 3.63) is 29.6 Å². The molecule has 3 nitrogen and oxygen atoms in total. The Balaban J connectivity index is 2.50. The summed E-state index contributed by atoms with van der Waals surface area (Å²) >= 11 is 0. The quantitative estimate of drug-likeness (QED) is 0.621. The van der Waals surface area contributed by atoms with Crippen LogP contribution in [0.5, 0.6) is 5.75 Å². The van der Waals surface area contributed by atoms with Gasteiger partial charge in [0.05, 0.1) is 6.61 Å². The Morgan fingerprint density at radius 3 is 2.55 bits per heavy atom. The van der Waals surface area contributed by atoms with Crippen molar-refractivity contribution in [1.29, 1.82) is 0 Å². The molecule has 1 aromatic carbocycles. The number of ether oxygens (including phenoxy) is 2. The highest BCUT2D eigenvalue weighted by Crippen LogP contribution is 2.23. The predicted molar refractivity (Wildman–Crippen MR) is 66.1 cm³/mol. The van der Waals surface area contributed by atoms with Crippen LogP contribution >= 0.6 is 0 Å². The fourth-order valence-electron chi connectivity index (χ4n) is 1.61. The molecule has 0 saturated heterocycles. The predicted octanol–water partition coefficient (Wildman–Crippen LogP) is 2.67. The molecule has 1 rings (SSSR count). The van der Waals surface area contributed by atoms with Crippen molar-refractivity contribution in [3.63, 3.8) is 0 Å². The third kappa shape index (κ3) is 6.21. The summed E-state index contributed by atoms with van der Waals surface area (Å²) in [5, 5.41) is 0. The van der Waals surface area contributed by atoms with Crippen LogP contribution in [-0.2, 0) is 11.2 Å². The highest BCUT2D eigenvalue weighted by molar-refractivity contribution is 5.35. The molecule has 0 spiro atoms. The Morgan fingerprint density at radius 2 is 1.95 bits per heavy atom. The maximum Gasteiger partial charge on any atom is 0.411 e. The Hall–Kier alpha value is -1.34. The Bertz CT molecular complexity index is 421. The molecule has 0 aliphatic carbocycles. The molecule has 1 unspecified atom stereocenters. The van der Waals surface area contributed by atoms with Crippen LogP contribution in [0.2, 0.25) is 0 Å². The smallest absolute Gasteiger partial charge is 0.411 e. The normalized spacial score (nSPS) is 13.3. The van der Waals surface area contributed by atoms with Gasteiger partial charge in [-0.15, -0.1) is 0 Å². The SMILES string of the molecule is CC(N)Cc1cccc(F)c1OCCOCC(F)(F)F. The minimum absolute atomic E-state index is 0.0143. The number of benzene rings is 1. The Labute approximate surface area is 114 Å². The van der Waals surface area contributed by atoms with Gasteiger partial charge in [0.15, 0.2) is 11.6 Å². The van der Waals surface area contributed by atoms with Crippen molar-refractivity contribution in [1.82, 2.24) is 0 Å². The summed E-state index contributed by atoms with van der Waals surface area (Å²) in [7, 11) is 0. The molecule has 0 aromatic heterocycles. The zero-order valence-corrected chi connectivity index (χ0v) is 11.0. The van der Waals surface area contributed by atoms with E-state index in [9.17, 15) is 17.6 Å². The molecule has 0 fully saturated rings. The van der Waals surface area contributed by atoms with Gasteiger partial charge >= 0.3 is 6.18 Å². The molecule has 114 valence electrons. The molecule has 1 atom stereocenters. The number of rotatable bonds is 7. The van der Waals surface area contributed by atoms with Crippen LogP contribution in [0.1, 0.15) is 12.5 Å². The van der Waals surface area contributed by atoms with E-state index in [1.54, 1.807) is 13.0 Å². The van der Waals surface area contributed by atoms with Crippen LogP contribution in [0, 0.1) is 5.82 Å². The first-order valence-electron chi connectivity index (χ1n) is 6.10. The molecule has 0 amide bonds. The second kappa shape index (κ2) is 7.44. The molecule has 0 saturated carbocycles. The van der Waals surface area contributed by atoms with Crippen molar-refractivity contribution in [2.45, 2.75) is 25.6 Å². The van der Waals surface area contributed by atoms with E-state index in [0.29, 0.717) is 12.0 Å². The lowest BCUT2D eigenvalue weighted by Crippen LogP contribution is -2.21. The molecule has 0 aliphatic rings. The van der Waals surface area contributed by atoms with Crippen LogP contribution in [-0.4, -0.2) is 32.0 Å². The lowest BCUT2D eigenvalue weighted by molar-refractivity contribution is -0.175. The van der Waals surface area contributed by atoms with Crippen LogP contribution in [0.4, 0.5) is 17.6 Å². The molecule has 1 aromatic rings. The number of hydrogen-bond acceptors (Lipinski definition) is 3. The first kappa shape index (κ1) is 16.7. The summed E-state index contributed by atoms with van der Waals surface area (Å²) in [5.74, 6) is -0.556. The first-order chi connectivity index (χ1) is 9.29. The number of alkyl halides is 3. The summed E-state index contributed by atoms with van der Waals surface area (Å²) in [6.45, 7) is -0.0180. The fraction of sp³-hybridized carbons (Fsp3) is 0.538. The highest BCUT2D eigenvalue weighted by Gasteiger charge is 2.27. The third-order valence-corrected chi connectivity index (χ3v) is 2.33. The average molecular weight is 295 g/mol. The van der Waals surface area contributed by atoms with Crippen LogP contribution in [0.15, 0.2) is 18.2 Å². The maximum absolute atomic E-state index is 13.6. The van der Waals surface area contributed by atoms with Gasteiger partial charge in [-0.1, -0.05) is 12.1 Å². The summed E-state index contributed by atoms with van der Waals surface area (Å²) in [6, 6.07) is 4.23. The van der Waals surface area contributed by atoms with Crippen molar-refractivity contribution in [2.75, 3.05) is 19.8 Å². The van der Waals surface area contributed by atoms with Crippen molar-refractivity contribution in [2.24, 2.45) is 5.73 Å². The van der Waals surface area contributed by atoms with Gasteiger partial charge in [0, 0.05) is 6.04 Å². The Kier molecular flexibility index (Phi) is 6.22. The number of nitrogens with two attached hydrogens (primary N) is 1. The minimum Gasteiger partial charge on any atom is -0.488 e. The van der Waals surface area contributed by atoms with Gasteiger partial charge in [-0.05, 0) is 25.0 Å². The van der Waals surface area contributed by atoms with Gasteiger partial charge < -0.3 is 15.2 Å². The molecule has 0 radical (unpaired) electrons. The molecule has 7 heteroatoms. The van der Waals surface area contributed by atoms with Gasteiger partial charge in [0.25, 0.3) is 0 Å². The topological polar surface area (TPSA) is 44.5 Å². The van der Waals surface area contributed by atoms with E-state index >= 15 is 0 Å². The number of para-hydroxylation sites is 1. The van der Waals surface area contributed by atoms with E-state index in [2.05, 4.69) is 4.74 Å². The molecule has 2 N–H and O–H groups in total. The third-order valence-electron chi connectivity index (χ3n) is 2.33. The Morgan fingerprint density at radius 1 is 1.25 bits per heavy atom. The monoisotopic (exact) mass is 295 g/mol. The molecule has 0 aliphatic heterocycles. The van der Waals surface area contributed by atoms with E-state index in [0.717, 1.165) is 0 Å². The van der Waals surface area contributed by atoms with E-state index in [1.165, 1.54) is 12.1 Å². The van der Waals surface area contributed by atoms with Gasteiger partial charge in [-0.25, -0.2) is 4.39 Å². The molecular formula is C13H17F4NO2. The van der Waals surface area contributed by atoms with Gasteiger partial charge in [-0.2, -0.15) is 13.2 Å². The van der Waals surface area contributed by atoms with Crippen LogP contribution in [0.3, 0.4) is 0 Å². The van der Waals surface area contributed by atoms with Gasteiger partial charge in [-0.3, -0.25) is 0 Å². The van der Waals surface area contributed by atoms with E-state index in [4.69, 9.17) is 10.5 Å². The number of halogens is 4. The average Bonchev–Trinajstić information content (AvgIpc) is 2.29. The van der Waals surface area contributed by atoms with Crippen LogP contribution in [0.25, 0.3) is 0 Å². The van der Waals surface area contributed by atoms with E-state index in [1.807, 2.05) is 0 Å². The van der Waals surface area contributed by atoms with Crippen molar-refractivity contribution >= 4 is 0 Å². The van der Waals surface area contributed by atoms with E-state index in [-0.39, 0.29) is 25.0 Å². The zero-order valence-electron chi connectivity index (χ0n) is 11.0. The second-order valence-electron chi connectivity index (χ2n) is 4.43. The maximum atomic E-state index is 13.6. The fourth-order valence-corrected chi connectivity index (χ4v) is 1.61. The minimum atomic E-state index is -4.38. The lowest BCUT2D eigenvalue weighted by Gasteiger charge is -2.14. The van der Waals surface area contributed by atoms with Gasteiger partial charge in [0.2, 0.25) is 0 Å². The van der Waals surface area contributed by atoms with Crippen LogP contribution < -0.4 is 10.5 Å². The standard InChI is InChI=1S/C13H17F4NO2/c1-9(18)7-10-3-2-4-11(14)12(10)20-6-5-19-8-13(15,16)17/h2-4,9H,5-8,18H2,1H3. The summed E-state index contributed by atoms with van der Waals surface area (Å²) in [5.41, 5.74) is 6.22. The molecule has 0 bridgehead atoms. The zero-order chi connectivity index (χ0) is 15.2. The van der Waals surface area contributed by atoms with E-state index < -0.39 is 18.6 Å². The van der Waals surface area contributed by atoms with Gasteiger partial charge in [0.1, 0.15) is 13.2 Å². The summed E-state index contributed by atoms with van der Waals surface area (Å²) < 4.78 is 58.7.